The number of hydrogen-bond acceptors (Lipinski definition) is 5. The summed E-state index contributed by atoms with van der Waals surface area (Å²) >= 11 is 0. The Kier molecular flexibility index (Phi) is 5.55. The fourth-order valence-corrected chi connectivity index (χ4v) is 1.50. The Morgan fingerprint density at radius 2 is 2.17 bits per heavy atom. The van der Waals surface area contributed by atoms with Crippen LogP contribution in [0.25, 0.3) is 0 Å². The Morgan fingerprint density at radius 1 is 1.44 bits per heavy atom. The third kappa shape index (κ3) is 4.62. The zero-order valence-corrected chi connectivity index (χ0v) is 10.8. The van der Waals surface area contributed by atoms with Gasteiger partial charge in [-0.05, 0) is 24.6 Å². The molecule has 0 amide bonds. The van der Waals surface area contributed by atoms with E-state index in [1.807, 2.05) is 0 Å². The molecule has 2 atom stereocenters. The van der Waals surface area contributed by atoms with E-state index in [-0.39, 0.29) is 13.2 Å². The van der Waals surface area contributed by atoms with Crippen molar-refractivity contribution < 1.29 is 20.1 Å². The highest BCUT2D eigenvalue weighted by molar-refractivity contribution is 5.29. The number of benzene rings is 1. The molecular weight excluding hydrogens is 234 g/mol. The highest BCUT2D eigenvalue weighted by atomic mass is 16.5. The summed E-state index contributed by atoms with van der Waals surface area (Å²) in [5.74, 6) is 0.689. The summed E-state index contributed by atoms with van der Waals surface area (Å²) < 4.78 is 5.08. The SMILES string of the molecule is COc1cccc(C(O)CNCC(C)(O)CO)c1. The van der Waals surface area contributed by atoms with Gasteiger partial charge in [0.05, 0.1) is 25.4 Å². The lowest BCUT2D eigenvalue weighted by atomic mass is 10.1. The average molecular weight is 255 g/mol. The Bertz CT molecular complexity index is 368. The Labute approximate surface area is 107 Å². The second-order valence-corrected chi connectivity index (χ2v) is 4.58. The average Bonchev–Trinajstić information content (AvgIpc) is 2.38. The largest absolute Gasteiger partial charge is 0.497 e. The summed E-state index contributed by atoms with van der Waals surface area (Å²) in [7, 11) is 1.57. The van der Waals surface area contributed by atoms with Crippen molar-refractivity contribution in [1.29, 1.82) is 0 Å². The van der Waals surface area contributed by atoms with Gasteiger partial charge in [-0.3, -0.25) is 0 Å². The van der Waals surface area contributed by atoms with E-state index in [0.717, 1.165) is 5.56 Å². The Morgan fingerprint density at radius 3 is 2.78 bits per heavy atom. The molecule has 2 unspecified atom stereocenters. The van der Waals surface area contributed by atoms with E-state index >= 15 is 0 Å². The summed E-state index contributed by atoms with van der Waals surface area (Å²) in [4.78, 5) is 0. The lowest BCUT2D eigenvalue weighted by Gasteiger charge is -2.22. The van der Waals surface area contributed by atoms with Gasteiger partial charge in [-0.15, -0.1) is 0 Å². The molecule has 0 aliphatic rings. The predicted octanol–water partition coefficient (Wildman–Crippen LogP) is 0.0615. The van der Waals surface area contributed by atoms with E-state index in [1.54, 1.807) is 31.4 Å². The predicted molar refractivity (Wildman–Crippen MR) is 68.5 cm³/mol. The van der Waals surface area contributed by atoms with Crippen LogP contribution in [-0.2, 0) is 0 Å². The second-order valence-electron chi connectivity index (χ2n) is 4.58. The fourth-order valence-electron chi connectivity index (χ4n) is 1.50. The number of aliphatic hydroxyl groups excluding tert-OH is 2. The molecule has 0 heterocycles. The number of hydrogen-bond donors (Lipinski definition) is 4. The Balaban J connectivity index is 2.47. The van der Waals surface area contributed by atoms with Crippen LogP contribution in [0.4, 0.5) is 0 Å². The molecule has 1 rings (SSSR count). The molecule has 18 heavy (non-hydrogen) atoms. The number of methoxy groups -OCH3 is 1. The van der Waals surface area contributed by atoms with Crippen molar-refractivity contribution in [3.63, 3.8) is 0 Å². The van der Waals surface area contributed by atoms with E-state index in [2.05, 4.69) is 5.32 Å². The first-order valence-electron chi connectivity index (χ1n) is 5.84. The topological polar surface area (TPSA) is 82.0 Å². The highest BCUT2D eigenvalue weighted by Crippen LogP contribution is 2.18. The lowest BCUT2D eigenvalue weighted by molar-refractivity contribution is 0.000724. The van der Waals surface area contributed by atoms with Gasteiger partial charge in [-0.2, -0.15) is 0 Å². The summed E-state index contributed by atoms with van der Waals surface area (Å²) in [5.41, 5.74) is -0.431. The van der Waals surface area contributed by atoms with E-state index in [0.29, 0.717) is 12.3 Å². The number of nitrogens with one attached hydrogen (secondary N) is 1. The van der Waals surface area contributed by atoms with Crippen LogP contribution in [0.1, 0.15) is 18.6 Å². The quantitative estimate of drug-likeness (QED) is 0.554. The highest BCUT2D eigenvalue weighted by Gasteiger charge is 2.19. The molecular formula is C13H21NO4. The van der Waals surface area contributed by atoms with Gasteiger partial charge in [0, 0.05) is 13.1 Å². The molecule has 0 fully saturated rings. The molecule has 0 saturated carbocycles. The summed E-state index contributed by atoms with van der Waals surface area (Å²) in [5, 5.41) is 31.3. The van der Waals surface area contributed by atoms with Crippen LogP contribution in [0, 0.1) is 0 Å². The van der Waals surface area contributed by atoms with Gasteiger partial charge in [0.25, 0.3) is 0 Å². The van der Waals surface area contributed by atoms with E-state index in [4.69, 9.17) is 9.84 Å². The van der Waals surface area contributed by atoms with Crippen LogP contribution in [0.2, 0.25) is 0 Å². The lowest BCUT2D eigenvalue weighted by Crippen LogP contribution is -2.42. The maximum Gasteiger partial charge on any atom is 0.119 e. The molecule has 5 nitrogen and oxygen atoms in total. The zero-order chi connectivity index (χ0) is 13.6. The molecule has 0 aliphatic heterocycles. The van der Waals surface area contributed by atoms with Crippen LogP contribution < -0.4 is 10.1 Å². The van der Waals surface area contributed by atoms with Crippen molar-refractivity contribution in [3.8, 4) is 5.75 Å². The minimum Gasteiger partial charge on any atom is -0.497 e. The van der Waals surface area contributed by atoms with Crippen LogP contribution in [0.5, 0.6) is 5.75 Å². The maximum absolute atomic E-state index is 9.95. The molecule has 5 heteroatoms. The van der Waals surface area contributed by atoms with Crippen molar-refractivity contribution in [3.05, 3.63) is 29.8 Å². The third-order valence-corrected chi connectivity index (χ3v) is 2.66. The van der Waals surface area contributed by atoms with Crippen LogP contribution in [0.3, 0.4) is 0 Å². The smallest absolute Gasteiger partial charge is 0.119 e. The first-order chi connectivity index (χ1) is 8.48. The monoisotopic (exact) mass is 255 g/mol. The minimum atomic E-state index is -1.17. The molecule has 0 spiro atoms. The molecule has 0 saturated heterocycles. The van der Waals surface area contributed by atoms with E-state index in [9.17, 15) is 10.2 Å². The van der Waals surface area contributed by atoms with Gasteiger partial charge >= 0.3 is 0 Å². The molecule has 1 aromatic rings. The minimum absolute atomic E-state index is 0.213. The standard InChI is InChI=1S/C13H21NO4/c1-13(17,9-15)8-14-7-12(16)10-4-3-5-11(6-10)18-2/h3-6,12,14-17H,7-9H2,1-2H3. The van der Waals surface area contributed by atoms with Crippen LogP contribution >= 0.6 is 0 Å². The molecule has 0 bridgehead atoms. The van der Waals surface area contributed by atoms with Gasteiger partial charge in [-0.1, -0.05) is 12.1 Å². The Hall–Kier alpha value is -1.14. The molecule has 4 N–H and O–H groups in total. The molecule has 0 aliphatic carbocycles. The van der Waals surface area contributed by atoms with Crippen molar-refractivity contribution in [1.82, 2.24) is 5.32 Å². The third-order valence-electron chi connectivity index (χ3n) is 2.66. The van der Waals surface area contributed by atoms with Gasteiger partial charge in [-0.25, -0.2) is 0 Å². The van der Waals surface area contributed by atoms with Crippen molar-refractivity contribution in [2.24, 2.45) is 0 Å². The maximum atomic E-state index is 9.95. The van der Waals surface area contributed by atoms with Crippen LogP contribution in [-0.4, -0.2) is 47.7 Å². The fraction of sp³-hybridized carbons (Fsp3) is 0.538. The van der Waals surface area contributed by atoms with Crippen molar-refractivity contribution >= 4 is 0 Å². The number of aliphatic hydroxyl groups is 3. The molecule has 0 radical (unpaired) electrons. The van der Waals surface area contributed by atoms with Gasteiger partial charge in [0.15, 0.2) is 0 Å². The van der Waals surface area contributed by atoms with Crippen molar-refractivity contribution in [2.45, 2.75) is 18.6 Å². The second kappa shape index (κ2) is 6.70. The molecule has 102 valence electrons. The summed E-state index contributed by atoms with van der Waals surface area (Å²) in [6, 6.07) is 7.18. The van der Waals surface area contributed by atoms with Gasteiger partial charge in [0.1, 0.15) is 5.75 Å². The van der Waals surface area contributed by atoms with E-state index in [1.165, 1.54) is 6.92 Å². The molecule has 0 aromatic heterocycles. The zero-order valence-electron chi connectivity index (χ0n) is 10.8. The van der Waals surface area contributed by atoms with Gasteiger partial charge in [0.2, 0.25) is 0 Å². The van der Waals surface area contributed by atoms with Crippen LogP contribution in [0.15, 0.2) is 24.3 Å². The van der Waals surface area contributed by atoms with Gasteiger partial charge < -0.3 is 25.4 Å². The number of ether oxygens (including phenoxy) is 1. The summed E-state index contributed by atoms with van der Waals surface area (Å²) in [6.45, 7) is 1.71. The molecule has 1 aromatic carbocycles. The van der Waals surface area contributed by atoms with Crippen molar-refractivity contribution in [2.75, 3.05) is 26.8 Å². The van der Waals surface area contributed by atoms with E-state index < -0.39 is 11.7 Å². The normalized spacial score (nSPS) is 16.1. The first-order valence-corrected chi connectivity index (χ1v) is 5.84. The first kappa shape index (κ1) is 14.9. The summed E-state index contributed by atoms with van der Waals surface area (Å²) in [6.07, 6.45) is -0.686. The number of rotatable bonds is 7.